The third kappa shape index (κ3) is 3.59. The van der Waals surface area contributed by atoms with E-state index in [-0.39, 0.29) is 11.7 Å². The molecular formula is C17H21FN4O. The Morgan fingerprint density at radius 3 is 2.87 bits per heavy atom. The number of hydrogen-bond acceptors (Lipinski definition) is 3. The van der Waals surface area contributed by atoms with Crippen LogP contribution >= 0.6 is 0 Å². The van der Waals surface area contributed by atoms with E-state index in [2.05, 4.69) is 10.4 Å². The van der Waals surface area contributed by atoms with Gasteiger partial charge in [0.1, 0.15) is 5.82 Å². The number of carbonyl (C=O) groups is 1. The number of halogens is 1. The summed E-state index contributed by atoms with van der Waals surface area (Å²) < 4.78 is 14.6. The van der Waals surface area contributed by atoms with Crippen LogP contribution in [0.5, 0.6) is 0 Å². The number of likely N-dealkylation sites (tertiary alicyclic amines) is 1. The Morgan fingerprint density at radius 2 is 2.13 bits per heavy atom. The molecule has 1 aliphatic rings. The van der Waals surface area contributed by atoms with Gasteiger partial charge in [0.2, 0.25) is 0 Å². The van der Waals surface area contributed by atoms with Crippen molar-refractivity contribution in [2.24, 2.45) is 5.92 Å². The second-order valence-electron chi connectivity index (χ2n) is 5.94. The predicted molar refractivity (Wildman–Crippen MR) is 86.1 cm³/mol. The van der Waals surface area contributed by atoms with Gasteiger partial charge in [-0.15, -0.1) is 0 Å². The minimum atomic E-state index is -0.291. The van der Waals surface area contributed by atoms with E-state index in [4.69, 9.17) is 0 Å². The second kappa shape index (κ2) is 6.91. The van der Waals surface area contributed by atoms with Crippen LogP contribution < -0.4 is 5.32 Å². The fraction of sp³-hybridized carbons (Fsp3) is 0.412. The molecule has 1 atom stereocenters. The standard InChI is InChI=1S/C17H21FN4O/c1-19-11-13-3-2-9-21(12-13)17(23)16-8-10-22(20-16)15-6-4-14(18)5-7-15/h4-8,10,13,19H,2-3,9,11-12H2,1H3. The van der Waals surface area contributed by atoms with Gasteiger partial charge in [0.15, 0.2) is 5.69 Å². The summed E-state index contributed by atoms with van der Waals surface area (Å²) in [6.07, 6.45) is 3.90. The maximum Gasteiger partial charge on any atom is 0.274 e. The minimum absolute atomic E-state index is 0.0355. The van der Waals surface area contributed by atoms with E-state index >= 15 is 0 Å². The smallest absolute Gasteiger partial charge is 0.274 e. The first-order valence-electron chi connectivity index (χ1n) is 7.93. The number of amides is 1. The quantitative estimate of drug-likeness (QED) is 0.939. The first kappa shape index (κ1) is 15.7. The van der Waals surface area contributed by atoms with Crippen LogP contribution in [0.4, 0.5) is 4.39 Å². The fourth-order valence-electron chi connectivity index (χ4n) is 3.04. The van der Waals surface area contributed by atoms with Gasteiger partial charge in [0, 0.05) is 19.3 Å². The zero-order chi connectivity index (χ0) is 16.2. The van der Waals surface area contributed by atoms with Crippen molar-refractivity contribution in [3.63, 3.8) is 0 Å². The van der Waals surface area contributed by atoms with E-state index in [1.807, 2.05) is 11.9 Å². The summed E-state index contributed by atoms with van der Waals surface area (Å²) in [5, 5.41) is 7.52. The van der Waals surface area contributed by atoms with Gasteiger partial charge in [-0.25, -0.2) is 9.07 Å². The highest BCUT2D eigenvalue weighted by atomic mass is 19.1. The molecule has 2 heterocycles. The van der Waals surface area contributed by atoms with Gasteiger partial charge in [0.25, 0.3) is 5.91 Å². The van der Waals surface area contributed by atoms with Gasteiger partial charge in [0.05, 0.1) is 5.69 Å². The molecule has 0 saturated carbocycles. The average Bonchev–Trinajstić information content (AvgIpc) is 3.05. The summed E-state index contributed by atoms with van der Waals surface area (Å²) >= 11 is 0. The molecule has 23 heavy (non-hydrogen) atoms. The Balaban J connectivity index is 1.72. The lowest BCUT2D eigenvalue weighted by atomic mass is 9.98. The maximum absolute atomic E-state index is 13.0. The number of piperidine rings is 1. The maximum atomic E-state index is 13.0. The molecule has 1 N–H and O–H groups in total. The lowest BCUT2D eigenvalue weighted by molar-refractivity contribution is 0.0668. The monoisotopic (exact) mass is 316 g/mol. The summed E-state index contributed by atoms with van der Waals surface area (Å²) in [5.74, 6) is 0.171. The average molecular weight is 316 g/mol. The van der Waals surface area contributed by atoms with Gasteiger partial charge in [-0.05, 0) is 62.7 Å². The minimum Gasteiger partial charge on any atom is -0.337 e. The Bertz CT molecular complexity index is 665. The van der Waals surface area contributed by atoms with Gasteiger partial charge in [-0.1, -0.05) is 0 Å². The van der Waals surface area contributed by atoms with Crippen LogP contribution in [0.3, 0.4) is 0 Å². The molecule has 2 aromatic rings. The van der Waals surface area contributed by atoms with E-state index in [9.17, 15) is 9.18 Å². The predicted octanol–water partition coefficient (Wildman–Crippen LogP) is 2.08. The zero-order valence-corrected chi connectivity index (χ0v) is 13.2. The number of hydrogen-bond donors (Lipinski definition) is 1. The molecule has 5 nitrogen and oxygen atoms in total. The van der Waals surface area contributed by atoms with Gasteiger partial charge in [-0.3, -0.25) is 4.79 Å². The molecule has 3 rings (SSSR count). The number of benzene rings is 1. The molecule has 0 spiro atoms. The zero-order valence-electron chi connectivity index (χ0n) is 13.2. The van der Waals surface area contributed by atoms with Gasteiger partial charge < -0.3 is 10.2 Å². The van der Waals surface area contributed by atoms with Crippen molar-refractivity contribution in [3.05, 3.63) is 48.0 Å². The molecule has 1 unspecified atom stereocenters. The molecule has 1 fully saturated rings. The normalized spacial score (nSPS) is 18.2. The van der Waals surface area contributed by atoms with Crippen LogP contribution in [0.2, 0.25) is 0 Å². The molecular weight excluding hydrogens is 295 g/mol. The molecule has 0 radical (unpaired) electrons. The highest BCUT2D eigenvalue weighted by Gasteiger charge is 2.25. The molecule has 6 heteroatoms. The third-order valence-corrected chi connectivity index (χ3v) is 4.20. The lowest BCUT2D eigenvalue weighted by Crippen LogP contribution is -2.42. The van der Waals surface area contributed by atoms with Crippen LogP contribution in [-0.2, 0) is 0 Å². The lowest BCUT2D eigenvalue weighted by Gasteiger charge is -2.32. The summed E-state index contributed by atoms with van der Waals surface area (Å²) in [6, 6.07) is 7.76. The van der Waals surface area contributed by atoms with E-state index in [1.54, 1.807) is 29.1 Å². The summed E-state index contributed by atoms with van der Waals surface area (Å²) in [6.45, 7) is 2.47. The van der Waals surface area contributed by atoms with Crippen LogP contribution in [0.1, 0.15) is 23.3 Å². The molecule has 1 aromatic heterocycles. The highest BCUT2D eigenvalue weighted by Crippen LogP contribution is 2.18. The third-order valence-electron chi connectivity index (χ3n) is 4.20. The number of nitrogens with zero attached hydrogens (tertiary/aromatic N) is 3. The van der Waals surface area contributed by atoms with Crippen molar-refractivity contribution < 1.29 is 9.18 Å². The molecule has 1 aromatic carbocycles. The summed E-state index contributed by atoms with van der Waals surface area (Å²) in [5.41, 5.74) is 1.16. The van der Waals surface area contributed by atoms with E-state index in [0.717, 1.165) is 38.2 Å². The van der Waals surface area contributed by atoms with Crippen molar-refractivity contribution in [2.45, 2.75) is 12.8 Å². The Labute approximate surface area is 135 Å². The summed E-state index contributed by atoms with van der Waals surface area (Å²) in [4.78, 5) is 14.5. The fourth-order valence-corrected chi connectivity index (χ4v) is 3.04. The van der Waals surface area contributed by atoms with Crippen LogP contribution in [0.15, 0.2) is 36.5 Å². The van der Waals surface area contributed by atoms with Crippen molar-refractivity contribution in [3.8, 4) is 5.69 Å². The molecule has 1 amide bonds. The largest absolute Gasteiger partial charge is 0.337 e. The molecule has 0 aliphatic carbocycles. The number of rotatable bonds is 4. The van der Waals surface area contributed by atoms with Crippen molar-refractivity contribution >= 4 is 5.91 Å². The Hall–Kier alpha value is -2.21. The summed E-state index contributed by atoms with van der Waals surface area (Å²) in [7, 11) is 1.94. The number of carbonyl (C=O) groups excluding carboxylic acids is 1. The van der Waals surface area contributed by atoms with Crippen molar-refractivity contribution in [2.75, 3.05) is 26.7 Å². The molecule has 1 saturated heterocycles. The number of aromatic nitrogens is 2. The van der Waals surface area contributed by atoms with Gasteiger partial charge in [-0.2, -0.15) is 5.10 Å². The van der Waals surface area contributed by atoms with E-state index in [0.29, 0.717) is 11.6 Å². The van der Waals surface area contributed by atoms with Crippen LogP contribution in [0, 0.1) is 11.7 Å². The van der Waals surface area contributed by atoms with E-state index < -0.39 is 0 Å². The van der Waals surface area contributed by atoms with Crippen molar-refractivity contribution in [1.29, 1.82) is 0 Å². The highest BCUT2D eigenvalue weighted by molar-refractivity contribution is 5.92. The number of nitrogens with one attached hydrogen (secondary N) is 1. The SMILES string of the molecule is CNCC1CCCN(C(=O)c2ccn(-c3ccc(F)cc3)n2)C1. The molecule has 122 valence electrons. The van der Waals surface area contributed by atoms with Crippen molar-refractivity contribution in [1.82, 2.24) is 20.0 Å². The molecule has 1 aliphatic heterocycles. The first-order valence-corrected chi connectivity index (χ1v) is 7.93. The Morgan fingerprint density at radius 1 is 1.35 bits per heavy atom. The van der Waals surface area contributed by atoms with Crippen LogP contribution in [0.25, 0.3) is 5.69 Å². The van der Waals surface area contributed by atoms with Gasteiger partial charge >= 0.3 is 0 Å². The first-order chi connectivity index (χ1) is 11.2. The second-order valence-corrected chi connectivity index (χ2v) is 5.94. The topological polar surface area (TPSA) is 50.2 Å². The van der Waals surface area contributed by atoms with Crippen LogP contribution in [-0.4, -0.2) is 47.3 Å². The van der Waals surface area contributed by atoms with E-state index in [1.165, 1.54) is 12.1 Å². The molecule has 0 bridgehead atoms. The Kier molecular flexibility index (Phi) is 4.71.